The zero-order chi connectivity index (χ0) is 19.5. The van der Waals surface area contributed by atoms with E-state index in [1.54, 1.807) is 35.8 Å². The lowest BCUT2D eigenvalue weighted by Gasteiger charge is -2.03. The van der Waals surface area contributed by atoms with Gasteiger partial charge in [-0.15, -0.1) is 11.3 Å². The molecule has 2 heterocycles. The number of methoxy groups -OCH3 is 1. The van der Waals surface area contributed by atoms with E-state index in [0.717, 1.165) is 26.2 Å². The second kappa shape index (κ2) is 7.84. The van der Waals surface area contributed by atoms with E-state index in [9.17, 15) is 5.11 Å². The summed E-state index contributed by atoms with van der Waals surface area (Å²) in [5, 5.41) is 14.8. The molecule has 0 radical (unpaired) electrons. The van der Waals surface area contributed by atoms with Gasteiger partial charge in [-0.05, 0) is 35.9 Å². The standard InChI is InChI=1S/C20H15ClN4O2S/c1-27-17-7-6-12(8-16(17)26)10-24-25-20-19-15(22-11-23-20)9-18(28-19)13-4-2-3-5-14(13)21/h2-11,26H,1H3,(H,22,23,25). The maximum absolute atomic E-state index is 9.85. The van der Waals surface area contributed by atoms with Crippen LogP contribution in [0.1, 0.15) is 5.56 Å². The molecule has 0 atom stereocenters. The Morgan fingerprint density at radius 2 is 2.04 bits per heavy atom. The molecule has 0 aliphatic carbocycles. The van der Waals surface area contributed by atoms with E-state index in [1.807, 2.05) is 30.3 Å². The maximum Gasteiger partial charge on any atom is 0.167 e. The molecule has 0 aliphatic rings. The minimum atomic E-state index is 0.0542. The Hall–Kier alpha value is -3.16. The van der Waals surface area contributed by atoms with E-state index < -0.39 is 0 Å². The van der Waals surface area contributed by atoms with Gasteiger partial charge in [0.15, 0.2) is 17.3 Å². The van der Waals surface area contributed by atoms with Crippen LogP contribution in [0, 0.1) is 0 Å². The predicted molar refractivity (Wildman–Crippen MR) is 114 cm³/mol. The number of ether oxygens (including phenoxy) is 1. The summed E-state index contributed by atoms with van der Waals surface area (Å²) >= 11 is 7.86. The summed E-state index contributed by atoms with van der Waals surface area (Å²) in [5.74, 6) is 1.06. The van der Waals surface area contributed by atoms with Gasteiger partial charge >= 0.3 is 0 Å². The Balaban J connectivity index is 1.61. The van der Waals surface area contributed by atoms with Gasteiger partial charge < -0.3 is 9.84 Å². The number of anilines is 1. The van der Waals surface area contributed by atoms with E-state index >= 15 is 0 Å². The third-order valence-corrected chi connectivity index (χ3v) is 5.53. The number of phenols is 1. The fourth-order valence-corrected chi connectivity index (χ4v) is 4.07. The van der Waals surface area contributed by atoms with Crippen LogP contribution in [-0.4, -0.2) is 28.4 Å². The molecule has 6 nitrogen and oxygen atoms in total. The molecule has 0 saturated heterocycles. The van der Waals surface area contributed by atoms with E-state index in [4.69, 9.17) is 16.3 Å². The molecule has 4 rings (SSSR count). The highest BCUT2D eigenvalue weighted by molar-refractivity contribution is 7.22. The van der Waals surface area contributed by atoms with Crippen LogP contribution in [-0.2, 0) is 0 Å². The summed E-state index contributed by atoms with van der Waals surface area (Å²) in [5.41, 5.74) is 5.44. The Bertz CT molecular complexity index is 1180. The summed E-state index contributed by atoms with van der Waals surface area (Å²) in [6.07, 6.45) is 3.08. The van der Waals surface area contributed by atoms with Gasteiger partial charge in [0.25, 0.3) is 0 Å². The molecule has 0 unspecified atom stereocenters. The number of fused-ring (bicyclic) bond motifs is 1. The molecule has 0 bridgehead atoms. The first kappa shape index (κ1) is 18.2. The first-order valence-corrected chi connectivity index (χ1v) is 9.50. The fraction of sp³-hybridized carbons (Fsp3) is 0.0500. The van der Waals surface area contributed by atoms with E-state index in [2.05, 4.69) is 20.5 Å². The van der Waals surface area contributed by atoms with Gasteiger partial charge in [0, 0.05) is 15.5 Å². The topological polar surface area (TPSA) is 79.6 Å². The molecular formula is C20H15ClN4O2S. The van der Waals surface area contributed by atoms with Crippen LogP contribution in [0.4, 0.5) is 5.82 Å². The van der Waals surface area contributed by atoms with Crippen molar-refractivity contribution in [3.05, 3.63) is 65.4 Å². The summed E-state index contributed by atoms with van der Waals surface area (Å²) in [7, 11) is 1.50. The van der Waals surface area contributed by atoms with Gasteiger partial charge in [-0.25, -0.2) is 9.97 Å². The average molecular weight is 411 g/mol. The van der Waals surface area contributed by atoms with Crippen LogP contribution < -0.4 is 10.2 Å². The monoisotopic (exact) mass is 410 g/mol. The van der Waals surface area contributed by atoms with Crippen molar-refractivity contribution in [1.82, 2.24) is 9.97 Å². The minimum Gasteiger partial charge on any atom is -0.504 e. The third-order valence-electron chi connectivity index (χ3n) is 4.04. The lowest BCUT2D eigenvalue weighted by atomic mass is 10.2. The summed E-state index contributed by atoms with van der Waals surface area (Å²) in [6, 6.07) is 14.7. The molecule has 2 N–H and O–H groups in total. The quantitative estimate of drug-likeness (QED) is 0.350. The zero-order valence-electron chi connectivity index (χ0n) is 14.8. The van der Waals surface area contributed by atoms with Gasteiger partial charge in [-0.1, -0.05) is 29.8 Å². The number of hydrogen-bond acceptors (Lipinski definition) is 7. The van der Waals surface area contributed by atoms with E-state index in [1.165, 1.54) is 13.4 Å². The van der Waals surface area contributed by atoms with Crippen LogP contribution >= 0.6 is 22.9 Å². The molecular weight excluding hydrogens is 396 g/mol. The number of benzene rings is 2. The van der Waals surface area contributed by atoms with Gasteiger partial charge in [0.05, 0.1) is 23.5 Å². The molecule has 0 aliphatic heterocycles. The molecule has 2 aromatic carbocycles. The van der Waals surface area contributed by atoms with Crippen molar-refractivity contribution in [1.29, 1.82) is 0 Å². The van der Waals surface area contributed by atoms with E-state index in [0.29, 0.717) is 16.6 Å². The molecule has 0 amide bonds. The molecule has 0 spiro atoms. The Morgan fingerprint density at radius 3 is 2.82 bits per heavy atom. The van der Waals surface area contributed by atoms with Crippen molar-refractivity contribution in [3.63, 3.8) is 0 Å². The number of nitrogens with one attached hydrogen (secondary N) is 1. The van der Waals surface area contributed by atoms with Crippen molar-refractivity contribution >= 4 is 45.2 Å². The number of hydrogen-bond donors (Lipinski definition) is 2. The summed E-state index contributed by atoms with van der Waals surface area (Å²) in [6.45, 7) is 0. The number of rotatable bonds is 5. The normalized spacial score (nSPS) is 11.2. The molecule has 4 aromatic rings. The third kappa shape index (κ3) is 3.62. The van der Waals surface area contributed by atoms with Crippen molar-refractivity contribution in [3.8, 4) is 21.9 Å². The second-order valence-corrected chi connectivity index (χ2v) is 7.29. The Labute approximate surface area is 170 Å². The van der Waals surface area contributed by atoms with E-state index in [-0.39, 0.29) is 5.75 Å². The summed E-state index contributed by atoms with van der Waals surface area (Å²) in [4.78, 5) is 9.62. The van der Waals surface area contributed by atoms with Crippen molar-refractivity contribution in [2.45, 2.75) is 0 Å². The fourth-order valence-electron chi connectivity index (χ4n) is 2.68. The number of halogens is 1. The summed E-state index contributed by atoms with van der Waals surface area (Å²) < 4.78 is 5.92. The van der Waals surface area contributed by atoms with Crippen LogP contribution in [0.2, 0.25) is 5.02 Å². The number of thiophene rings is 1. The first-order chi connectivity index (χ1) is 13.7. The number of aromatic hydroxyl groups is 1. The molecule has 0 saturated carbocycles. The lowest BCUT2D eigenvalue weighted by molar-refractivity contribution is 0.373. The SMILES string of the molecule is COc1ccc(C=NNc2ncnc3cc(-c4ccccc4Cl)sc23)cc1O. The smallest absolute Gasteiger partial charge is 0.167 e. The highest BCUT2D eigenvalue weighted by atomic mass is 35.5. The first-order valence-electron chi connectivity index (χ1n) is 8.31. The lowest BCUT2D eigenvalue weighted by Crippen LogP contribution is -1.94. The Morgan fingerprint density at radius 1 is 1.18 bits per heavy atom. The molecule has 28 heavy (non-hydrogen) atoms. The number of hydrazone groups is 1. The van der Waals surface area contributed by atoms with Gasteiger partial charge in [-0.3, -0.25) is 5.43 Å². The number of aromatic nitrogens is 2. The molecule has 2 aromatic heterocycles. The molecule has 140 valence electrons. The van der Waals surface area contributed by atoms with Crippen LogP contribution in [0.15, 0.2) is 60.0 Å². The van der Waals surface area contributed by atoms with Crippen molar-refractivity contribution in [2.75, 3.05) is 12.5 Å². The van der Waals surface area contributed by atoms with Crippen molar-refractivity contribution in [2.24, 2.45) is 5.10 Å². The number of phenolic OH excluding ortho intramolecular Hbond substituents is 1. The van der Waals surface area contributed by atoms with Crippen molar-refractivity contribution < 1.29 is 9.84 Å². The van der Waals surface area contributed by atoms with Crippen LogP contribution in [0.25, 0.3) is 20.7 Å². The van der Waals surface area contributed by atoms with Crippen LogP contribution in [0.5, 0.6) is 11.5 Å². The van der Waals surface area contributed by atoms with Gasteiger partial charge in [-0.2, -0.15) is 5.10 Å². The average Bonchev–Trinajstić information content (AvgIpc) is 3.13. The highest BCUT2D eigenvalue weighted by Gasteiger charge is 2.11. The zero-order valence-corrected chi connectivity index (χ0v) is 16.3. The second-order valence-electron chi connectivity index (χ2n) is 5.83. The largest absolute Gasteiger partial charge is 0.504 e. The molecule has 8 heteroatoms. The molecule has 0 fully saturated rings. The predicted octanol–water partition coefficient (Wildman–Crippen LogP) is 5.17. The van der Waals surface area contributed by atoms with Crippen LogP contribution in [0.3, 0.4) is 0 Å². The van der Waals surface area contributed by atoms with Gasteiger partial charge in [0.2, 0.25) is 0 Å². The minimum absolute atomic E-state index is 0.0542. The maximum atomic E-state index is 9.85. The Kier molecular flexibility index (Phi) is 5.10. The number of nitrogens with zero attached hydrogens (tertiary/aromatic N) is 3. The highest BCUT2D eigenvalue weighted by Crippen LogP contribution is 2.38. The van der Waals surface area contributed by atoms with Gasteiger partial charge in [0.1, 0.15) is 6.33 Å².